The van der Waals surface area contributed by atoms with Crippen LogP contribution in [0.2, 0.25) is 5.02 Å². The maximum atomic E-state index is 13.6. The number of nitrogens with one attached hydrogen (secondary N) is 1. The summed E-state index contributed by atoms with van der Waals surface area (Å²) >= 11 is 7.21. The lowest BCUT2D eigenvalue weighted by molar-refractivity contribution is 0.603. The summed E-state index contributed by atoms with van der Waals surface area (Å²) in [6, 6.07) is 20.8. The van der Waals surface area contributed by atoms with Crippen molar-refractivity contribution < 1.29 is 12.8 Å². The normalized spacial score (nSPS) is 12.1. The topological polar surface area (TPSA) is 70.0 Å². The van der Waals surface area contributed by atoms with Crippen molar-refractivity contribution in [3.63, 3.8) is 0 Å². The highest BCUT2D eigenvalue weighted by molar-refractivity contribution is 8.04. The monoisotopic (exact) mass is 472 g/mol. The van der Waals surface area contributed by atoms with Crippen molar-refractivity contribution in [1.82, 2.24) is 0 Å². The molecule has 0 unspecified atom stereocenters. The standard InChI is InChI=1S/C23H18ClFN2O2S2/c1-16-10-11-18(24)13-21(16)27-23(30-15-17-6-5-7-19(25)12-17)22(14-26)31(28,29)20-8-3-2-4-9-20/h2-13,27H,15H2,1H3/b23-22+. The molecule has 0 fully saturated rings. The van der Waals surface area contributed by atoms with Gasteiger partial charge in [-0.3, -0.25) is 0 Å². The summed E-state index contributed by atoms with van der Waals surface area (Å²) < 4.78 is 40.0. The molecule has 0 amide bonds. The van der Waals surface area contributed by atoms with E-state index in [1.54, 1.807) is 48.5 Å². The van der Waals surface area contributed by atoms with Crippen molar-refractivity contribution >= 4 is 38.9 Å². The fourth-order valence-electron chi connectivity index (χ4n) is 2.74. The highest BCUT2D eigenvalue weighted by atomic mass is 35.5. The van der Waals surface area contributed by atoms with Gasteiger partial charge in [0.25, 0.3) is 0 Å². The zero-order chi connectivity index (χ0) is 22.4. The fourth-order valence-corrected chi connectivity index (χ4v) is 5.44. The molecule has 0 aromatic heterocycles. The number of hydrogen-bond acceptors (Lipinski definition) is 5. The van der Waals surface area contributed by atoms with Crippen LogP contribution in [0.25, 0.3) is 0 Å². The Bertz CT molecular complexity index is 1270. The average Bonchev–Trinajstić information content (AvgIpc) is 2.75. The molecule has 1 N–H and O–H groups in total. The van der Waals surface area contributed by atoms with Crippen molar-refractivity contribution in [2.75, 3.05) is 5.32 Å². The number of allylic oxidation sites excluding steroid dienone is 1. The smallest absolute Gasteiger partial charge is 0.219 e. The minimum absolute atomic E-state index is 0.0139. The molecule has 0 bridgehead atoms. The molecule has 8 heteroatoms. The summed E-state index contributed by atoms with van der Waals surface area (Å²) in [4.78, 5) is -0.403. The number of benzene rings is 3. The zero-order valence-corrected chi connectivity index (χ0v) is 18.9. The quantitative estimate of drug-likeness (QED) is 0.408. The lowest BCUT2D eigenvalue weighted by Crippen LogP contribution is -2.10. The average molecular weight is 473 g/mol. The second-order valence-electron chi connectivity index (χ2n) is 6.59. The van der Waals surface area contributed by atoms with Gasteiger partial charge in [-0.25, -0.2) is 12.8 Å². The molecule has 31 heavy (non-hydrogen) atoms. The number of thioether (sulfide) groups is 1. The van der Waals surface area contributed by atoms with E-state index < -0.39 is 14.7 Å². The second-order valence-corrected chi connectivity index (χ2v) is 9.90. The van der Waals surface area contributed by atoms with Gasteiger partial charge in [0.2, 0.25) is 9.84 Å². The lowest BCUT2D eigenvalue weighted by Gasteiger charge is -2.16. The number of anilines is 1. The fraction of sp³-hybridized carbons (Fsp3) is 0.0870. The van der Waals surface area contributed by atoms with Crippen LogP contribution in [0, 0.1) is 24.1 Å². The van der Waals surface area contributed by atoms with E-state index in [4.69, 9.17) is 11.6 Å². The summed E-state index contributed by atoms with van der Waals surface area (Å²) in [6.45, 7) is 1.84. The van der Waals surface area contributed by atoms with E-state index in [-0.39, 0.29) is 21.5 Å². The van der Waals surface area contributed by atoms with E-state index in [9.17, 15) is 18.1 Å². The van der Waals surface area contributed by atoms with Crippen LogP contribution in [0.15, 0.2) is 87.6 Å². The Labute approximate surface area is 190 Å². The first-order chi connectivity index (χ1) is 14.8. The van der Waals surface area contributed by atoms with Gasteiger partial charge in [0.1, 0.15) is 16.9 Å². The Hall–Kier alpha value is -2.79. The molecule has 0 aliphatic rings. The summed E-state index contributed by atoms with van der Waals surface area (Å²) in [5, 5.41) is 13.5. The van der Waals surface area contributed by atoms with Crippen LogP contribution in [-0.4, -0.2) is 8.42 Å². The Morgan fingerprint density at radius 1 is 1.10 bits per heavy atom. The van der Waals surface area contributed by atoms with Gasteiger partial charge < -0.3 is 5.32 Å². The maximum Gasteiger partial charge on any atom is 0.219 e. The molecule has 0 radical (unpaired) electrons. The SMILES string of the molecule is Cc1ccc(Cl)cc1N/C(SCc1cccc(F)c1)=C(/C#N)S(=O)(=O)c1ccccc1. The van der Waals surface area contributed by atoms with Crippen molar-refractivity contribution in [2.45, 2.75) is 17.6 Å². The lowest BCUT2D eigenvalue weighted by atomic mass is 10.2. The van der Waals surface area contributed by atoms with Crippen molar-refractivity contribution in [1.29, 1.82) is 5.26 Å². The summed E-state index contributed by atoms with van der Waals surface area (Å²) in [5.74, 6) is -0.130. The van der Waals surface area contributed by atoms with Crippen molar-refractivity contribution in [3.05, 3.63) is 105 Å². The minimum Gasteiger partial charge on any atom is -0.348 e. The molecule has 0 aliphatic heterocycles. The number of nitriles is 1. The molecule has 0 spiro atoms. The van der Waals surface area contributed by atoms with Gasteiger partial charge in [0.05, 0.1) is 4.90 Å². The van der Waals surface area contributed by atoms with Crippen LogP contribution in [0.3, 0.4) is 0 Å². The first-order valence-corrected chi connectivity index (χ1v) is 12.0. The maximum absolute atomic E-state index is 13.6. The number of aryl methyl sites for hydroxylation is 1. The third-order valence-corrected chi connectivity index (χ3v) is 7.51. The molecule has 0 atom stereocenters. The van der Waals surface area contributed by atoms with E-state index in [1.165, 1.54) is 24.3 Å². The number of rotatable bonds is 7. The van der Waals surface area contributed by atoms with E-state index in [0.717, 1.165) is 17.3 Å². The van der Waals surface area contributed by atoms with Crippen LogP contribution >= 0.6 is 23.4 Å². The first kappa shape index (κ1) is 22.9. The molecule has 3 aromatic carbocycles. The van der Waals surface area contributed by atoms with Crippen LogP contribution < -0.4 is 5.32 Å². The molecule has 0 heterocycles. The van der Waals surface area contributed by atoms with Gasteiger partial charge >= 0.3 is 0 Å². The zero-order valence-electron chi connectivity index (χ0n) is 16.5. The molecule has 0 saturated heterocycles. The van der Waals surface area contributed by atoms with Gasteiger partial charge in [-0.2, -0.15) is 5.26 Å². The van der Waals surface area contributed by atoms with Gasteiger partial charge in [-0.1, -0.05) is 48.0 Å². The number of halogens is 2. The van der Waals surface area contributed by atoms with Crippen LogP contribution in [0.5, 0.6) is 0 Å². The first-order valence-electron chi connectivity index (χ1n) is 9.16. The molecule has 0 aliphatic carbocycles. The summed E-state index contributed by atoms with van der Waals surface area (Å²) in [5.41, 5.74) is 2.05. The van der Waals surface area contributed by atoms with E-state index in [1.807, 2.05) is 13.0 Å². The number of nitrogens with zero attached hydrogens (tertiary/aromatic N) is 1. The number of hydrogen-bond donors (Lipinski definition) is 1. The van der Waals surface area contributed by atoms with Crippen molar-refractivity contribution in [3.8, 4) is 6.07 Å². The highest BCUT2D eigenvalue weighted by Gasteiger charge is 2.25. The van der Waals surface area contributed by atoms with Crippen molar-refractivity contribution in [2.24, 2.45) is 0 Å². The van der Waals surface area contributed by atoms with Gasteiger partial charge in [-0.15, -0.1) is 11.8 Å². The summed E-state index contributed by atoms with van der Waals surface area (Å²) in [7, 11) is -4.08. The van der Waals surface area contributed by atoms with Crippen LogP contribution in [0.4, 0.5) is 10.1 Å². The Balaban J connectivity index is 2.08. The highest BCUT2D eigenvalue weighted by Crippen LogP contribution is 2.33. The predicted octanol–water partition coefficient (Wildman–Crippen LogP) is 6.30. The molecule has 0 saturated carbocycles. The second kappa shape index (κ2) is 10.0. The Morgan fingerprint density at radius 2 is 1.84 bits per heavy atom. The Kier molecular flexibility index (Phi) is 7.39. The van der Waals surface area contributed by atoms with E-state index >= 15 is 0 Å². The third-order valence-electron chi connectivity index (χ3n) is 4.35. The molecule has 4 nitrogen and oxygen atoms in total. The van der Waals surface area contributed by atoms with Crippen LogP contribution in [0.1, 0.15) is 11.1 Å². The molecule has 3 aromatic rings. The third kappa shape index (κ3) is 5.67. The van der Waals surface area contributed by atoms with Gasteiger partial charge in [-0.05, 0) is 54.4 Å². The van der Waals surface area contributed by atoms with E-state index in [0.29, 0.717) is 16.3 Å². The van der Waals surface area contributed by atoms with Crippen LogP contribution in [-0.2, 0) is 15.6 Å². The largest absolute Gasteiger partial charge is 0.348 e. The molecular formula is C23H18ClFN2O2S2. The predicted molar refractivity (Wildman–Crippen MR) is 124 cm³/mol. The van der Waals surface area contributed by atoms with Gasteiger partial charge in [0, 0.05) is 16.5 Å². The van der Waals surface area contributed by atoms with Gasteiger partial charge in [0.15, 0.2) is 4.91 Å². The molecule has 3 rings (SSSR count). The minimum atomic E-state index is -4.08. The van der Waals surface area contributed by atoms with E-state index in [2.05, 4.69) is 5.32 Å². The number of sulfone groups is 1. The Morgan fingerprint density at radius 3 is 2.52 bits per heavy atom. The summed E-state index contributed by atoms with van der Waals surface area (Å²) in [6.07, 6.45) is 0. The molecular weight excluding hydrogens is 455 g/mol. The molecule has 158 valence electrons.